The molecule has 1 aromatic rings. The maximum absolute atomic E-state index is 12.5. The van der Waals surface area contributed by atoms with Crippen molar-refractivity contribution in [2.75, 3.05) is 5.32 Å². The topological polar surface area (TPSA) is 79.3 Å². The van der Waals surface area contributed by atoms with Gasteiger partial charge in [0.1, 0.15) is 5.41 Å². The Morgan fingerprint density at radius 2 is 2.05 bits per heavy atom. The summed E-state index contributed by atoms with van der Waals surface area (Å²) in [5.41, 5.74) is -0.850. The number of carboxylic acid groups (broad SMARTS) is 1. The standard InChI is InChI=1S/C15H20N2O3/c1-15(14(19)20,11-6-3-2-4-7-11)13(18)17-12-8-5-9-16-10-12/h5,8-11H,2-4,6-7H2,1H3,(H,17,18)(H,19,20). The molecule has 2 N–H and O–H groups in total. The van der Waals surface area contributed by atoms with E-state index >= 15 is 0 Å². The SMILES string of the molecule is CC(C(=O)O)(C(=O)Nc1cccnc1)C1CCCCC1. The van der Waals surface area contributed by atoms with Gasteiger partial charge in [-0.3, -0.25) is 14.6 Å². The number of nitrogens with one attached hydrogen (secondary N) is 1. The molecule has 5 nitrogen and oxygen atoms in total. The quantitative estimate of drug-likeness (QED) is 0.829. The first-order valence-corrected chi connectivity index (χ1v) is 7.00. The molecule has 1 saturated carbocycles. The van der Waals surface area contributed by atoms with E-state index in [1.807, 2.05) is 0 Å². The third kappa shape index (κ3) is 2.81. The van der Waals surface area contributed by atoms with E-state index in [-0.39, 0.29) is 5.92 Å². The summed E-state index contributed by atoms with van der Waals surface area (Å²) in [6.07, 6.45) is 7.82. The van der Waals surface area contributed by atoms with Crippen LogP contribution in [0.2, 0.25) is 0 Å². The second-order valence-electron chi connectivity index (χ2n) is 5.54. The molecule has 1 aliphatic carbocycles. The van der Waals surface area contributed by atoms with Crippen LogP contribution in [0.15, 0.2) is 24.5 Å². The van der Waals surface area contributed by atoms with Gasteiger partial charge in [-0.25, -0.2) is 0 Å². The Balaban J connectivity index is 2.18. The van der Waals surface area contributed by atoms with Crippen molar-refractivity contribution in [3.05, 3.63) is 24.5 Å². The van der Waals surface area contributed by atoms with Gasteiger partial charge in [-0.1, -0.05) is 19.3 Å². The van der Waals surface area contributed by atoms with Gasteiger partial charge in [0, 0.05) is 6.20 Å². The third-order valence-electron chi connectivity index (χ3n) is 4.26. The van der Waals surface area contributed by atoms with E-state index in [4.69, 9.17) is 0 Å². The summed E-state index contributed by atoms with van der Waals surface area (Å²) in [4.78, 5) is 28.0. The summed E-state index contributed by atoms with van der Waals surface area (Å²) >= 11 is 0. The first kappa shape index (κ1) is 14.5. The predicted octanol–water partition coefficient (Wildman–Crippen LogP) is 2.69. The average molecular weight is 276 g/mol. The number of amides is 1. The highest BCUT2D eigenvalue weighted by atomic mass is 16.4. The van der Waals surface area contributed by atoms with Crippen molar-refractivity contribution in [2.24, 2.45) is 11.3 Å². The normalized spacial score (nSPS) is 19.1. The van der Waals surface area contributed by atoms with E-state index in [0.29, 0.717) is 5.69 Å². The van der Waals surface area contributed by atoms with E-state index in [9.17, 15) is 14.7 Å². The molecule has 1 aliphatic rings. The van der Waals surface area contributed by atoms with Crippen LogP contribution < -0.4 is 5.32 Å². The molecule has 0 bridgehead atoms. The molecule has 1 fully saturated rings. The number of hydrogen-bond acceptors (Lipinski definition) is 3. The molecule has 0 radical (unpaired) electrons. The highest BCUT2D eigenvalue weighted by Crippen LogP contribution is 2.39. The van der Waals surface area contributed by atoms with Gasteiger partial charge in [-0.05, 0) is 37.8 Å². The molecule has 1 amide bonds. The second-order valence-corrected chi connectivity index (χ2v) is 5.54. The summed E-state index contributed by atoms with van der Waals surface area (Å²) < 4.78 is 0. The Bertz CT molecular complexity index is 483. The summed E-state index contributed by atoms with van der Waals surface area (Å²) in [7, 11) is 0. The van der Waals surface area contributed by atoms with Crippen molar-refractivity contribution in [1.29, 1.82) is 0 Å². The van der Waals surface area contributed by atoms with Crippen molar-refractivity contribution in [1.82, 2.24) is 4.98 Å². The van der Waals surface area contributed by atoms with E-state index in [1.54, 1.807) is 18.3 Å². The minimum absolute atomic E-state index is 0.106. The largest absolute Gasteiger partial charge is 0.480 e. The van der Waals surface area contributed by atoms with Gasteiger partial charge >= 0.3 is 5.97 Å². The maximum atomic E-state index is 12.5. The van der Waals surface area contributed by atoms with Crippen molar-refractivity contribution >= 4 is 17.6 Å². The molecule has 2 rings (SSSR count). The Hall–Kier alpha value is -1.91. The molecular weight excluding hydrogens is 256 g/mol. The van der Waals surface area contributed by atoms with Crippen LogP contribution in [0.1, 0.15) is 39.0 Å². The number of hydrogen-bond donors (Lipinski definition) is 2. The van der Waals surface area contributed by atoms with Crippen LogP contribution in [0.25, 0.3) is 0 Å². The average Bonchev–Trinajstić information content (AvgIpc) is 2.48. The minimum Gasteiger partial charge on any atom is -0.480 e. The van der Waals surface area contributed by atoms with Gasteiger partial charge in [0.25, 0.3) is 0 Å². The molecule has 20 heavy (non-hydrogen) atoms. The molecule has 5 heteroatoms. The molecule has 1 unspecified atom stereocenters. The number of pyridine rings is 1. The Morgan fingerprint density at radius 3 is 2.60 bits per heavy atom. The fourth-order valence-electron chi connectivity index (χ4n) is 2.83. The van der Waals surface area contributed by atoms with Gasteiger partial charge in [-0.15, -0.1) is 0 Å². The fraction of sp³-hybridized carbons (Fsp3) is 0.533. The molecule has 0 aliphatic heterocycles. The number of carbonyl (C=O) groups is 2. The predicted molar refractivity (Wildman–Crippen MR) is 75.2 cm³/mol. The number of anilines is 1. The van der Waals surface area contributed by atoms with Gasteiger partial charge in [0.05, 0.1) is 11.9 Å². The van der Waals surface area contributed by atoms with Crippen LogP contribution in [0.3, 0.4) is 0 Å². The van der Waals surface area contributed by atoms with Crippen LogP contribution in [-0.4, -0.2) is 22.0 Å². The zero-order valence-corrected chi connectivity index (χ0v) is 11.6. The zero-order chi connectivity index (χ0) is 14.6. The Kier molecular flexibility index (Phi) is 4.37. The van der Waals surface area contributed by atoms with Crippen LogP contribution in [0, 0.1) is 11.3 Å². The zero-order valence-electron chi connectivity index (χ0n) is 11.6. The summed E-state index contributed by atoms with van der Waals surface area (Å²) in [6.45, 7) is 1.54. The van der Waals surface area contributed by atoms with Crippen LogP contribution in [0.4, 0.5) is 5.69 Å². The van der Waals surface area contributed by atoms with E-state index in [2.05, 4.69) is 10.3 Å². The van der Waals surface area contributed by atoms with Gasteiger partial charge in [0.2, 0.25) is 5.91 Å². The van der Waals surface area contributed by atoms with Crippen LogP contribution in [-0.2, 0) is 9.59 Å². The summed E-state index contributed by atoms with van der Waals surface area (Å²) in [6, 6.07) is 3.41. The lowest BCUT2D eigenvalue weighted by molar-refractivity contribution is -0.157. The lowest BCUT2D eigenvalue weighted by Gasteiger charge is -2.35. The Morgan fingerprint density at radius 1 is 1.35 bits per heavy atom. The first-order chi connectivity index (χ1) is 9.55. The number of nitrogens with zero attached hydrogens (tertiary/aromatic N) is 1. The van der Waals surface area contributed by atoms with E-state index < -0.39 is 17.3 Å². The number of aromatic nitrogens is 1. The van der Waals surface area contributed by atoms with Gasteiger partial charge < -0.3 is 10.4 Å². The molecule has 0 saturated heterocycles. The minimum atomic E-state index is -1.38. The molecule has 108 valence electrons. The van der Waals surface area contributed by atoms with Crippen LogP contribution in [0.5, 0.6) is 0 Å². The molecule has 1 aromatic heterocycles. The van der Waals surface area contributed by atoms with Crippen molar-refractivity contribution in [3.8, 4) is 0 Å². The van der Waals surface area contributed by atoms with Crippen molar-refractivity contribution < 1.29 is 14.7 Å². The smallest absolute Gasteiger partial charge is 0.319 e. The highest BCUT2D eigenvalue weighted by Gasteiger charge is 2.48. The molecule has 0 spiro atoms. The molecule has 1 atom stereocenters. The fourth-order valence-corrected chi connectivity index (χ4v) is 2.83. The maximum Gasteiger partial charge on any atom is 0.319 e. The molecule has 1 heterocycles. The van der Waals surface area contributed by atoms with Crippen molar-refractivity contribution in [3.63, 3.8) is 0 Å². The monoisotopic (exact) mass is 276 g/mol. The number of aliphatic carboxylic acids is 1. The second kappa shape index (κ2) is 6.03. The number of carboxylic acids is 1. The molecule has 0 aromatic carbocycles. The van der Waals surface area contributed by atoms with Crippen LogP contribution >= 0.6 is 0 Å². The van der Waals surface area contributed by atoms with E-state index in [1.165, 1.54) is 13.1 Å². The Labute approximate surface area is 118 Å². The first-order valence-electron chi connectivity index (χ1n) is 7.00. The molecular formula is C15H20N2O3. The summed E-state index contributed by atoms with van der Waals surface area (Å²) in [5.74, 6) is -1.61. The van der Waals surface area contributed by atoms with Gasteiger partial charge in [0.15, 0.2) is 0 Å². The van der Waals surface area contributed by atoms with Gasteiger partial charge in [-0.2, -0.15) is 0 Å². The van der Waals surface area contributed by atoms with Crippen molar-refractivity contribution in [2.45, 2.75) is 39.0 Å². The number of rotatable bonds is 4. The third-order valence-corrected chi connectivity index (χ3v) is 4.26. The van der Waals surface area contributed by atoms with E-state index in [0.717, 1.165) is 32.1 Å². The summed E-state index contributed by atoms with van der Waals surface area (Å²) in [5, 5.41) is 12.2. The highest BCUT2D eigenvalue weighted by molar-refractivity contribution is 6.08. The lowest BCUT2D eigenvalue weighted by atomic mass is 9.69. The number of carbonyl (C=O) groups excluding carboxylic acids is 1. The lowest BCUT2D eigenvalue weighted by Crippen LogP contribution is -2.47.